The van der Waals surface area contributed by atoms with Crippen molar-refractivity contribution in [2.75, 3.05) is 33.3 Å². The Kier molecular flexibility index (Phi) is 4.39. The molecule has 1 aromatic rings. The number of imidazole rings is 1. The second-order valence-corrected chi connectivity index (χ2v) is 4.84. The molecule has 2 rings (SSSR count). The third-order valence-corrected chi connectivity index (χ3v) is 3.31. The van der Waals surface area contributed by atoms with Crippen molar-refractivity contribution >= 4 is 11.6 Å². The van der Waals surface area contributed by atoms with Gasteiger partial charge in [0.1, 0.15) is 11.0 Å². The molecule has 0 spiro atoms. The molecule has 1 saturated heterocycles. The molecule has 96 valence electrons. The van der Waals surface area contributed by atoms with Crippen LogP contribution in [0.4, 0.5) is 0 Å². The van der Waals surface area contributed by atoms with E-state index in [9.17, 15) is 0 Å². The summed E-state index contributed by atoms with van der Waals surface area (Å²) < 4.78 is 7.57. The summed E-state index contributed by atoms with van der Waals surface area (Å²) >= 11 is 5.95. The fourth-order valence-electron chi connectivity index (χ4n) is 1.96. The maximum absolute atomic E-state index is 5.95. The van der Waals surface area contributed by atoms with Crippen molar-refractivity contribution in [3.8, 4) is 0 Å². The molecule has 2 heterocycles. The van der Waals surface area contributed by atoms with Crippen molar-refractivity contribution in [3.63, 3.8) is 0 Å². The van der Waals surface area contributed by atoms with E-state index in [1.165, 1.54) is 0 Å². The van der Waals surface area contributed by atoms with E-state index in [-0.39, 0.29) is 6.10 Å². The van der Waals surface area contributed by atoms with Crippen LogP contribution in [0.2, 0.25) is 5.15 Å². The Morgan fingerprint density at radius 3 is 3.12 bits per heavy atom. The highest BCUT2D eigenvalue weighted by Crippen LogP contribution is 2.11. The normalized spacial score (nSPS) is 21.1. The molecule has 1 fully saturated rings. The molecule has 0 amide bonds. The maximum atomic E-state index is 5.95. The van der Waals surface area contributed by atoms with Crippen molar-refractivity contribution in [3.05, 3.63) is 17.2 Å². The first-order valence-corrected chi connectivity index (χ1v) is 6.21. The van der Waals surface area contributed by atoms with Gasteiger partial charge in [-0.1, -0.05) is 11.6 Å². The summed E-state index contributed by atoms with van der Waals surface area (Å²) in [6.45, 7) is 4.36. The minimum absolute atomic E-state index is 0.268. The first-order chi connectivity index (χ1) is 8.16. The van der Waals surface area contributed by atoms with Crippen LogP contribution in [0.25, 0.3) is 0 Å². The van der Waals surface area contributed by atoms with Crippen LogP contribution >= 0.6 is 11.6 Å². The standard InChI is InChI=1S/C11H19ClN4O/c1-15(7-9-5-13-3-4-17-9)8-11-14-6-10(12)16(11)2/h6,9,13H,3-5,7-8H2,1-2H3. The third-order valence-electron chi connectivity index (χ3n) is 2.96. The number of likely N-dealkylation sites (N-methyl/N-ethyl adjacent to an activating group) is 1. The van der Waals surface area contributed by atoms with Gasteiger partial charge in [0.25, 0.3) is 0 Å². The van der Waals surface area contributed by atoms with Gasteiger partial charge in [-0.3, -0.25) is 4.90 Å². The van der Waals surface area contributed by atoms with E-state index in [2.05, 4.69) is 22.2 Å². The van der Waals surface area contributed by atoms with Gasteiger partial charge in [0.05, 0.1) is 25.5 Å². The van der Waals surface area contributed by atoms with Gasteiger partial charge in [0.15, 0.2) is 0 Å². The highest BCUT2D eigenvalue weighted by Gasteiger charge is 2.16. The molecule has 0 aromatic carbocycles. The van der Waals surface area contributed by atoms with Gasteiger partial charge >= 0.3 is 0 Å². The van der Waals surface area contributed by atoms with Crippen LogP contribution in [0, 0.1) is 0 Å². The fourth-order valence-corrected chi connectivity index (χ4v) is 2.11. The van der Waals surface area contributed by atoms with E-state index < -0.39 is 0 Å². The van der Waals surface area contributed by atoms with Crippen LogP contribution in [0.1, 0.15) is 5.82 Å². The van der Waals surface area contributed by atoms with E-state index in [1.807, 2.05) is 11.6 Å². The molecule has 6 heteroatoms. The first kappa shape index (κ1) is 12.8. The summed E-state index contributed by atoms with van der Waals surface area (Å²) in [6.07, 6.45) is 1.95. The lowest BCUT2D eigenvalue weighted by Crippen LogP contribution is -2.44. The van der Waals surface area contributed by atoms with Gasteiger partial charge in [0, 0.05) is 26.7 Å². The van der Waals surface area contributed by atoms with Crippen molar-refractivity contribution in [1.29, 1.82) is 0 Å². The van der Waals surface area contributed by atoms with Gasteiger partial charge in [-0.2, -0.15) is 0 Å². The second-order valence-electron chi connectivity index (χ2n) is 4.45. The van der Waals surface area contributed by atoms with E-state index in [0.717, 1.165) is 38.6 Å². The number of hydrogen-bond donors (Lipinski definition) is 1. The number of hydrogen-bond acceptors (Lipinski definition) is 4. The molecule has 1 aliphatic rings. The van der Waals surface area contributed by atoms with E-state index in [4.69, 9.17) is 16.3 Å². The number of ether oxygens (including phenoxy) is 1. The van der Waals surface area contributed by atoms with Gasteiger partial charge in [-0.25, -0.2) is 4.98 Å². The molecule has 5 nitrogen and oxygen atoms in total. The molecule has 0 bridgehead atoms. The summed E-state index contributed by atoms with van der Waals surface area (Å²) in [5, 5.41) is 4.00. The minimum atomic E-state index is 0.268. The SMILES string of the molecule is CN(Cc1ncc(Cl)n1C)CC1CNCCO1. The lowest BCUT2D eigenvalue weighted by Gasteiger charge is -2.27. The molecule has 17 heavy (non-hydrogen) atoms. The van der Waals surface area contributed by atoms with Crippen LogP contribution in [-0.2, 0) is 18.3 Å². The highest BCUT2D eigenvalue weighted by molar-refractivity contribution is 6.29. The molecular weight excluding hydrogens is 240 g/mol. The van der Waals surface area contributed by atoms with E-state index in [0.29, 0.717) is 5.15 Å². The van der Waals surface area contributed by atoms with Gasteiger partial charge in [-0.05, 0) is 7.05 Å². The average Bonchev–Trinajstić information content (AvgIpc) is 2.62. The van der Waals surface area contributed by atoms with Gasteiger partial charge < -0.3 is 14.6 Å². The molecule has 0 radical (unpaired) electrons. The van der Waals surface area contributed by atoms with E-state index >= 15 is 0 Å². The Morgan fingerprint density at radius 1 is 1.71 bits per heavy atom. The third kappa shape index (κ3) is 3.42. The zero-order valence-corrected chi connectivity index (χ0v) is 11.1. The summed E-state index contributed by atoms with van der Waals surface area (Å²) in [7, 11) is 4.00. The predicted octanol–water partition coefficient (Wildman–Crippen LogP) is 0.494. The monoisotopic (exact) mass is 258 g/mol. The molecule has 0 saturated carbocycles. The van der Waals surface area contributed by atoms with Crippen LogP contribution in [0.15, 0.2) is 6.20 Å². The Hall–Kier alpha value is -0.620. The quantitative estimate of drug-likeness (QED) is 0.854. The van der Waals surface area contributed by atoms with Crippen molar-refractivity contribution in [2.45, 2.75) is 12.6 Å². The summed E-state index contributed by atoms with van der Waals surface area (Å²) in [5.41, 5.74) is 0. The molecule has 1 aromatic heterocycles. The molecule has 1 aliphatic heterocycles. The second kappa shape index (κ2) is 5.82. The molecule has 1 atom stereocenters. The number of halogens is 1. The van der Waals surface area contributed by atoms with Crippen LogP contribution in [0.3, 0.4) is 0 Å². The molecular formula is C11H19ClN4O. The topological polar surface area (TPSA) is 42.3 Å². The lowest BCUT2D eigenvalue weighted by atomic mass is 10.3. The Bertz CT molecular complexity index is 362. The number of morpholine rings is 1. The zero-order valence-electron chi connectivity index (χ0n) is 10.3. The molecule has 0 aliphatic carbocycles. The summed E-state index contributed by atoms with van der Waals surface area (Å²) in [4.78, 5) is 6.49. The fraction of sp³-hybridized carbons (Fsp3) is 0.727. The smallest absolute Gasteiger partial charge is 0.128 e. The first-order valence-electron chi connectivity index (χ1n) is 5.84. The minimum Gasteiger partial charge on any atom is -0.374 e. The zero-order chi connectivity index (χ0) is 12.3. The predicted molar refractivity (Wildman–Crippen MR) is 67.2 cm³/mol. The van der Waals surface area contributed by atoms with Crippen LogP contribution in [-0.4, -0.2) is 53.8 Å². The summed E-state index contributed by atoms with van der Waals surface area (Å²) in [5.74, 6) is 0.973. The lowest BCUT2D eigenvalue weighted by molar-refractivity contribution is 0.00838. The van der Waals surface area contributed by atoms with Crippen molar-refractivity contribution in [2.24, 2.45) is 7.05 Å². The number of aromatic nitrogens is 2. The Morgan fingerprint density at radius 2 is 2.53 bits per heavy atom. The van der Waals surface area contributed by atoms with Crippen LogP contribution in [0.5, 0.6) is 0 Å². The van der Waals surface area contributed by atoms with E-state index in [1.54, 1.807) is 6.20 Å². The highest BCUT2D eigenvalue weighted by atomic mass is 35.5. The maximum Gasteiger partial charge on any atom is 0.128 e. The Balaban J connectivity index is 1.84. The van der Waals surface area contributed by atoms with Crippen LogP contribution < -0.4 is 5.32 Å². The number of rotatable bonds is 4. The number of nitrogens with one attached hydrogen (secondary N) is 1. The Labute approximate surface area is 107 Å². The van der Waals surface area contributed by atoms with Gasteiger partial charge in [0.2, 0.25) is 0 Å². The van der Waals surface area contributed by atoms with Gasteiger partial charge in [-0.15, -0.1) is 0 Å². The average molecular weight is 259 g/mol. The molecule has 1 unspecified atom stereocenters. The summed E-state index contributed by atoms with van der Waals surface area (Å²) in [6, 6.07) is 0. The number of nitrogens with zero attached hydrogens (tertiary/aromatic N) is 3. The largest absolute Gasteiger partial charge is 0.374 e. The molecule has 1 N–H and O–H groups in total. The van der Waals surface area contributed by atoms with Crippen molar-refractivity contribution < 1.29 is 4.74 Å². The van der Waals surface area contributed by atoms with Crippen molar-refractivity contribution in [1.82, 2.24) is 19.8 Å².